The Morgan fingerprint density at radius 2 is 2.08 bits per heavy atom. The lowest BCUT2D eigenvalue weighted by atomic mass is 9.79. The number of carbonyl (C=O) groups excluding carboxylic acids is 1. The van der Waals surface area contributed by atoms with Gasteiger partial charge in [0.2, 0.25) is 0 Å². The Morgan fingerprint density at radius 3 is 2.85 bits per heavy atom. The van der Waals surface area contributed by atoms with E-state index in [2.05, 4.69) is 25.0 Å². The maximum Gasteiger partial charge on any atom is 0.255 e. The second kappa shape index (κ2) is 6.57. The molecule has 1 saturated carbocycles. The van der Waals surface area contributed by atoms with Gasteiger partial charge in [0.15, 0.2) is 0 Å². The standard InChI is InChI=1S/C19H23N5O2/c1-23(2)10-17-21-22-18(24(17)3)12-8-13(9-12)20-19(25)15-11-26-16-7-5-4-6-14(15)16/h4-7,11-13H,8-10H2,1-3H3,(H,20,25). The van der Waals surface area contributed by atoms with Crippen LogP contribution in [0.25, 0.3) is 11.0 Å². The van der Waals surface area contributed by atoms with E-state index in [1.807, 2.05) is 45.4 Å². The highest BCUT2D eigenvalue weighted by molar-refractivity contribution is 6.06. The smallest absolute Gasteiger partial charge is 0.255 e. The lowest BCUT2D eigenvalue weighted by Crippen LogP contribution is -2.44. The molecule has 1 aromatic carbocycles. The highest BCUT2D eigenvalue weighted by atomic mass is 16.3. The zero-order chi connectivity index (χ0) is 18.3. The minimum Gasteiger partial charge on any atom is -0.463 e. The third-order valence-electron chi connectivity index (χ3n) is 5.02. The summed E-state index contributed by atoms with van der Waals surface area (Å²) >= 11 is 0. The molecule has 0 saturated heterocycles. The van der Waals surface area contributed by atoms with Gasteiger partial charge in [-0.25, -0.2) is 0 Å². The third-order valence-corrected chi connectivity index (χ3v) is 5.02. The molecule has 0 bridgehead atoms. The zero-order valence-electron chi connectivity index (χ0n) is 15.3. The van der Waals surface area contributed by atoms with Gasteiger partial charge in [-0.3, -0.25) is 4.79 Å². The summed E-state index contributed by atoms with van der Waals surface area (Å²) in [5.74, 6) is 2.22. The molecule has 0 spiro atoms. The molecule has 4 rings (SSSR count). The Labute approximate surface area is 152 Å². The van der Waals surface area contributed by atoms with Crippen LogP contribution in [0.15, 0.2) is 34.9 Å². The number of furan rings is 1. The Bertz CT molecular complexity index is 936. The molecular weight excluding hydrogens is 330 g/mol. The van der Waals surface area contributed by atoms with Gasteiger partial charge in [0.1, 0.15) is 23.5 Å². The quantitative estimate of drug-likeness (QED) is 0.762. The fraction of sp³-hybridized carbons (Fsp3) is 0.421. The van der Waals surface area contributed by atoms with E-state index < -0.39 is 0 Å². The number of para-hydroxylation sites is 1. The highest BCUT2D eigenvalue weighted by Gasteiger charge is 2.35. The fourth-order valence-electron chi connectivity index (χ4n) is 3.51. The van der Waals surface area contributed by atoms with Gasteiger partial charge in [-0.1, -0.05) is 18.2 Å². The van der Waals surface area contributed by atoms with Gasteiger partial charge in [0.05, 0.1) is 12.1 Å². The van der Waals surface area contributed by atoms with E-state index in [0.29, 0.717) is 11.5 Å². The first-order chi connectivity index (χ1) is 12.5. The van der Waals surface area contributed by atoms with Crippen molar-refractivity contribution in [3.05, 3.63) is 47.7 Å². The van der Waals surface area contributed by atoms with E-state index in [1.54, 1.807) is 0 Å². The average Bonchev–Trinajstić information content (AvgIpc) is 3.15. The van der Waals surface area contributed by atoms with Crippen molar-refractivity contribution in [3.63, 3.8) is 0 Å². The van der Waals surface area contributed by atoms with Crippen molar-refractivity contribution >= 4 is 16.9 Å². The van der Waals surface area contributed by atoms with Gasteiger partial charge in [-0.15, -0.1) is 10.2 Å². The molecule has 7 nitrogen and oxygen atoms in total. The van der Waals surface area contributed by atoms with Crippen LogP contribution in [0, 0.1) is 0 Å². The van der Waals surface area contributed by atoms with Gasteiger partial charge in [0, 0.05) is 24.4 Å². The van der Waals surface area contributed by atoms with E-state index in [1.165, 1.54) is 6.26 Å². The molecule has 1 fully saturated rings. The average molecular weight is 353 g/mol. The largest absolute Gasteiger partial charge is 0.463 e. The molecule has 0 atom stereocenters. The molecule has 1 N–H and O–H groups in total. The molecule has 136 valence electrons. The number of amides is 1. The summed E-state index contributed by atoms with van der Waals surface area (Å²) in [6, 6.07) is 7.74. The molecule has 0 unspecified atom stereocenters. The zero-order valence-corrected chi connectivity index (χ0v) is 15.3. The summed E-state index contributed by atoms with van der Waals surface area (Å²) in [7, 11) is 6.04. The van der Waals surface area contributed by atoms with Crippen LogP contribution in [0.3, 0.4) is 0 Å². The summed E-state index contributed by atoms with van der Waals surface area (Å²) in [5, 5.41) is 12.6. The van der Waals surface area contributed by atoms with Crippen molar-refractivity contribution in [2.45, 2.75) is 31.3 Å². The molecule has 0 radical (unpaired) electrons. The van der Waals surface area contributed by atoms with Crippen LogP contribution in [0.4, 0.5) is 0 Å². The summed E-state index contributed by atoms with van der Waals surface area (Å²) in [4.78, 5) is 14.6. The first-order valence-corrected chi connectivity index (χ1v) is 8.83. The van der Waals surface area contributed by atoms with Gasteiger partial charge < -0.3 is 19.2 Å². The summed E-state index contributed by atoms with van der Waals surface area (Å²) in [6.45, 7) is 0.768. The van der Waals surface area contributed by atoms with Gasteiger partial charge in [-0.2, -0.15) is 0 Å². The molecule has 1 amide bonds. The predicted octanol–water partition coefficient (Wildman–Crippen LogP) is 2.30. The minimum absolute atomic E-state index is 0.0790. The fourth-order valence-corrected chi connectivity index (χ4v) is 3.51. The Kier molecular flexibility index (Phi) is 4.24. The van der Waals surface area contributed by atoms with Crippen molar-refractivity contribution in [1.29, 1.82) is 0 Å². The van der Waals surface area contributed by atoms with Crippen molar-refractivity contribution in [1.82, 2.24) is 25.0 Å². The first kappa shape index (κ1) is 16.8. The summed E-state index contributed by atoms with van der Waals surface area (Å²) < 4.78 is 7.53. The van der Waals surface area contributed by atoms with E-state index in [4.69, 9.17) is 4.42 Å². The van der Waals surface area contributed by atoms with Crippen LogP contribution in [-0.2, 0) is 13.6 Å². The lowest BCUT2D eigenvalue weighted by Gasteiger charge is -2.35. The van der Waals surface area contributed by atoms with Gasteiger partial charge in [-0.05, 0) is 33.0 Å². The number of fused-ring (bicyclic) bond motifs is 1. The number of carbonyl (C=O) groups is 1. The second-order valence-electron chi connectivity index (χ2n) is 7.26. The van der Waals surface area contributed by atoms with E-state index in [0.717, 1.165) is 42.0 Å². The molecular formula is C19H23N5O2. The number of hydrogen-bond acceptors (Lipinski definition) is 5. The van der Waals surface area contributed by atoms with E-state index in [9.17, 15) is 4.79 Å². The van der Waals surface area contributed by atoms with Crippen LogP contribution < -0.4 is 5.32 Å². The van der Waals surface area contributed by atoms with Crippen LogP contribution in [0.5, 0.6) is 0 Å². The highest BCUT2D eigenvalue weighted by Crippen LogP contribution is 2.36. The lowest BCUT2D eigenvalue weighted by molar-refractivity contribution is 0.0907. The van der Waals surface area contributed by atoms with Crippen molar-refractivity contribution in [2.24, 2.45) is 7.05 Å². The van der Waals surface area contributed by atoms with Crippen molar-refractivity contribution in [2.75, 3.05) is 14.1 Å². The molecule has 7 heteroatoms. The maximum atomic E-state index is 12.5. The molecule has 1 aliphatic rings. The maximum absolute atomic E-state index is 12.5. The van der Waals surface area contributed by atoms with Gasteiger partial charge in [0.25, 0.3) is 5.91 Å². The minimum atomic E-state index is -0.0790. The number of rotatable bonds is 5. The third kappa shape index (κ3) is 2.99. The number of hydrogen-bond donors (Lipinski definition) is 1. The topological polar surface area (TPSA) is 76.2 Å². The summed E-state index contributed by atoms with van der Waals surface area (Å²) in [5.41, 5.74) is 1.33. The van der Waals surface area contributed by atoms with Crippen molar-refractivity contribution < 1.29 is 9.21 Å². The molecule has 0 aliphatic heterocycles. The number of benzene rings is 1. The van der Waals surface area contributed by atoms with Gasteiger partial charge >= 0.3 is 0 Å². The Hall–Kier alpha value is -2.67. The number of aromatic nitrogens is 3. The Morgan fingerprint density at radius 1 is 1.31 bits per heavy atom. The molecule has 2 aromatic heterocycles. The van der Waals surface area contributed by atoms with Crippen LogP contribution in [-0.4, -0.2) is 45.7 Å². The molecule has 1 aliphatic carbocycles. The number of nitrogens with zero attached hydrogens (tertiary/aromatic N) is 4. The SMILES string of the molecule is CN(C)Cc1nnc(C2CC(NC(=O)c3coc4ccccc34)C2)n1C. The normalized spacial score (nSPS) is 19.7. The van der Waals surface area contributed by atoms with E-state index >= 15 is 0 Å². The molecule has 2 heterocycles. The van der Waals surface area contributed by atoms with E-state index in [-0.39, 0.29) is 11.9 Å². The molecule has 3 aromatic rings. The monoisotopic (exact) mass is 353 g/mol. The number of nitrogens with one attached hydrogen (secondary N) is 1. The van der Waals surface area contributed by atoms with Crippen molar-refractivity contribution in [3.8, 4) is 0 Å². The van der Waals surface area contributed by atoms with Crippen LogP contribution >= 0.6 is 0 Å². The Balaban J connectivity index is 1.38. The van der Waals surface area contributed by atoms with Crippen LogP contribution in [0.1, 0.15) is 40.8 Å². The summed E-state index contributed by atoms with van der Waals surface area (Å²) in [6.07, 6.45) is 3.30. The second-order valence-corrected chi connectivity index (χ2v) is 7.26. The predicted molar refractivity (Wildman–Crippen MR) is 97.8 cm³/mol. The van der Waals surface area contributed by atoms with Crippen LogP contribution in [0.2, 0.25) is 0 Å². The molecule has 26 heavy (non-hydrogen) atoms. The first-order valence-electron chi connectivity index (χ1n) is 8.83.